The van der Waals surface area contributed by atoms with E-state index in [1.165, 1.54) is 0 Å². The Balaban J connectivity index is 1.91. The zero-order valence-electron chi connectivity index (χ0n) is 13.5. The Morgan fingerprint density at radius 3 is 2.43 bits per heavy atom. The van der Waals surface area contributed by atoms with E-state index in [0.29, 0.717) is 23.6 Å². The molecular formula is C18H19NO4. The molecule has 0 aromatic heterocycles. The molecule has 0 atom stereocenters. The molecule has 5 nitrogen and oxygen atoms in total. The Labute approximate surface area is 135 Å². The molecule has 0 aliphatic carbocycles. The molecular weight excluding hydrogens is 294 g/mol. The number of ether oxygens (including phenoxy) is 3. The maximum atomic E-state index is 12.8. The van der Waals surface area contributed by atoms with Crippen LogP contribution in [0.25, 0.3) is 0 Å². The summed E-state index contributed by atoms with van der Waals surface area (Å²) in [5.41, 5.74) is 2.63. The smallest absolute Gasteiger partial charge is 0.258 e. The van der Waals surface area contributed by atoms with Crippen LogP contribution in [-0.2, 0) is 6.42 Å². The normalized spacial score (nSPS) is 12.7. The Morgan fingerprint density at radius 1 is 0.957 bits per heavy atom. The molecule has 120 valence electrons. The highest BCUT2D eigenvalue weighted by atomic mass is 16.5. The van der Waals surface area contributed by atoms with Crippen LogP contribution >= 0.6 is 0 Å². The summed E-state index contributed by atoms with van der Waals surface area (Å²) in [6.45, 7) is 0.662. The molecule has 1 aliphatic heterocycles. The molecule has 3 rings (SSSR count). The number of rotatable bonds is 4. The SMILES string of the molecule is COc1ccc2c(c1)CCN2C(=O)c1ccc(OC)c(OC)c1. The number of carbonyl (C=O) groups excluding carboxylic acids is 1. The molecule has 0 spiro atoms. The molecule has 0 bridgehead atoms. The molecule has 0 radical (unpaired) electrons. The lowest BCUT2D eigenvalue weighted by molar-refractivity contribution is 0.0989. The third-order valence-electron chi connectivity index (χ3n) is 4.06. The lowest BCUT2D eigenvalue weighted by atomic mass is 10.1. The van der Waals surface area contributed by atoms with Crippen LogP contribution in [-0.4, -0.2) is 33.8 Å². The van der Waals surface area contributed by atoms with E-state index < -0.39 is 0 Å². The maximum absolute atomic E-state index is 12.8. The van der Waals surface area contributed by atoms with Crippen molar-refractivity contribution in [2.24, 2.45) is 0 Å². The van der Waals surface area contributed by atoms with Crippen molar-refractivity contribution in [3.8, 4) is 17.2 Å². The predicted molar refractivity (Wildman–Crippen MR) is 87.9 cm³/mol. The summed E-state index contributed by atoms with van der Waals surface area (Å²) in [5.74, 6) is 1.92. The van der Waals surface area contributed by atoms with Gasteiger partial charge in [0.1, 0.15) is 5.75 Å². The minimum atomic E-state index is -0.0464. The van der Waals surface area contributed by atoms with E-state index in [9.17, 15) is 4.79 Å². The molecule has 1 amide bonds. The number of hydrogen-bond donors (Lipinski definition) is 0. The minimum Gasteiger partial charge on any atom is -0.497 e. The lowest BCUT2D eigenvalue weighted by Crippen LogP contribution is -2.28. The van der Waals surface area contributed by atoms with Gasteiger partial charge in [-0.25, -0.2) is 0 Å². The Kier molecular flexibility index (Phi) is 4.10. The summed E-state index contributed by atoms with van der Waals surface area (Å²) in [6.07, 6.45) is 0.825. The quantitative estimate of drug-likeness (QED) is 0.871. The average Bonchev–Trinajstić information content (AvgIpc) is 3.03. The Bertz CT molecular complexity index is 742. The molecule has 1 aliphatic rings. The summed E-state index contributed by atoms with van der Waals surface area (Å²) in [4.78, 5) is 14.6. The Hall–Kier alpha value is -2.69. The van der Waals surface area contributed by atoms with Crippen LogP contribution in [0.4, 0.5) is 5.69 Å². The van der Waals surface area contributed by atoms with Gasteiger partial charge < -0.3 is 19.1 Å². The summed E-state index contributed by atoms with van der Waals surface area (Å²) < 4.78 is 15.7. The van der Waals surface area contributed by atoms with Gasteiger partial charge >= 0.3 is 0 Å². The van der Waals surface area contributed by atoms with E-state index in [-0.39, 0.29) is 5.91 Å². The van der Waals surface area contributed by atoms with Gasteiger partial charge in [-0.15, -0.1) is 0 Å². The van der Waals surface area contributed by atoms with Crippen LogP contribution < -0.4 is 19.1 Å². The number of hydrogen-bond acceptors (Lipinski definition) is 4. The largest absolute Gasteiger partial charge is 0.497 e. The van der Waals surface area contributed by atoms with Crippen LogP contribution in [0.2, 0.25) is 0 Å². The fourth-order valence-corrected chi connectivity index (χ4v) is 2.84. The minimum absolute atomic E-state index is 0.0464. The zero-order valence-corrected chi connectivity index (χ0v) is 13.5. The molecule has 0 fully saturated rings. The first-order chi connectivity index (χ1) is 11.2. The third kappa shape index (κ3) is 2.70. The highest BCUT2D eigenvalue weighted by Gasteiger charge is 2.26. The second-order valence-corrected chi connectivity index (χ2v) is 5.27. The van der Waals surface area contributed by atoms with Crippen LogP contribution in [0.15, 0.2) is 36.4 Å². The topological polar surface area (TPSA) is 48.0 Å². The number of benzene rings is 2. The maximum Gasteiger partial charge on any atom is 0.258 e. The fraction of sp³-hybridized carbons (Fsp3) is 0.278. The second kappa shape index (κ2) is 6.20. The van der Waals surface area contributed by atoms with Gasteiger partial charge in [0.05, 0.1) is 21.3 Å². The lowest BCUT2D eigenvalue weighted by Gasteiger charge is -2.18. The molecule has 23 heavy (non-hydrogen) atoms. The van der Waals surface area contributed by atoms with Gasteiger partial charge in [0.25, 0.3) is 5.91 Å². The zero-order chi connectivity index (χ0) is 16.4. The number of nitrogens with zero attached hydrogens (tertiary/aromatic N) is 1. The number of carbonyl (C=O) groups is 1. The van der Waals surface area contributed by atoms with Crippen molar-refractivity contribution in [2.45, 2.75) is 6.42 Å². The number of methoxy groups -OCH3 is 3. The van der Waals surface area contributed by atoms with E-state index in [0.717, 1.165) is 23.4 Å². The molecule has 0 saturated heterocycles. The molecule has 5 heteroatoms. The number of anilines is 1. The van der Waals surface area contributed by atoms with Gasteiger partial charge in [-0.3, -0.25) is 4.79 Å². The van der Waals surface area contributed by atoms with Crippen molar-refractivity contribution >= 4 is 11.6 Å². The van der Waals surface area contributed by atoms with E-state index in [1.807, 2.05) is 18.2 Å². The van der Waals surface area contributed by atoms with E-state index in [4.69, 9.17) is 14.2 Å². The van der Waals surface area contributed by atoms with Gasteiger partial charge in [-0.05, 0) is 48.4 Å². The van der Waals surface area contributed by atoms with Crippen LogP contribution in [0.5, 0.6) is 17.2 Å². The first-order valence-electron chi connectivity index (χ1n) is 7.38. The summed E-state index contributed by atoms with van der Waals surface area (Å²) >= 11 is 0. The van der Waals surface area contributed by atoms with Crippen LogP contribution in [0.1, 0.15) is 15.9 Å². The Morgan fingerprint density at radius 2 is 1.74 bits per heavy atom. The summed E-state index contributed by atoms with van der Waals surface area (Å²) in [5, 5.41) is 0. The van der Waals surface area contributed by atoms with Gasteiger partial charge in [-0.1, -0.05) is 0 Å². The number of fused-ring (bicyclic) bond motifs is 1. The van der Waals surface area contributed by atoms with Crippen LogP contribution in [0, 0.1) is 0 Å². The van der Waals surface area contributed by atoms with Crippen molar-refractivity contribution in [2.75, 3.05) is 32.8 Å². The fourth-order valence-electron chi connectivity index (χ4n) is 2.84. The standard InChI is InChI=1S/C18H19NO4/c1-21-14-5-6-15-12(10-14)8-9-19(15)18(20)13-4-7-16(22-2)17(11-13)23-3/h4-7,10-11H,8-9H2,1-3H3. The molecule has 2 aromatic rings. The van der Waals surface area contributed by atoms with Crippen molar-refractivity contribution in [1.82, 2.24) is 0 Å². The van der Waals surface area contributed by atoms with Gasteiger partial charge in [0.15, 0.2) is 11.5 Å². The first-order valence-corrected chi connectivity index (χ1v) is 7.38. The highest BCUT2D eigenvalue weighted by molar-refractivity contribution is 6.07. The highest BCUT2D eigenvalue weighted by Crippen LogP contribution is 2.34. The monoisotopic (exact) mass is 313 g/mol. The van der Waals surface area contributed by atoms with Gasteiger partial charge in [-0.2, -0.15) is 0 Å². The van der Waals surface area contributed by atoms with E-state index in [1.54, 1.807) is 44.4 Å². The van der Waals surface area contributed by atoms with Gasteiger partial charge in [0, 0.05) is 17.8 Å². The number of amides is 1. The first kappa shape index (κ1) is 15.2. The molecule has 0 N–H and O–H groups in total. The average molecular weight is 313 g/mol. The van der Waals surface area contributed by atoms with Crippen molar-refractivity contribution in [3.05, 3.63) is 47.5 Å². The second-order valence-electron chi connectivity index (χ2n) is 5.27. The van der Waals surface area contributed by atoms with Crippen molar-refractivity contribution in [1.29, 1.82) is 0 Å². The van der Waals surface area contributed by atoms with E-state index >= 15 is 0 Å². The van der Waals surface area contributed by atoms with E-state index in [2.05, 4.69) is 0 Å². The van der Waals surface area contributed by atoms with Crippen LogP contribution in [0.3, 0.4) is 0 Å². The predicted octanol–water partition coefficient (Wildman–Crippen LogP) is 2.92. The third-order valence-corrected chi connectivity index (χ3v) is 4.06. The van der Waals surface area contributed by atoms with Crippen molar-refractivity contribution < 1.29 is 19.0 Å². The summed E-state index contributed by atoms with van der Waals surface area (Å²) in [6, 6.07) is 11.0. The molecule has 0 unspecified atom stereocenters. The molecule has 0 saturated carbocycles. The summed E-state index contributed by atoms with van der Waals surface area (Å²) in [7, 11) is 4.77. The molecule has 1 heterocycles. The van der Waals surface area contributed by atoms with Gasteiger partial charge in [0.2, 0.25) is 0 Å². The van der Waals surface area contributed by atoms with Crippen molar-refractivity contribution in [3.63, 3.8) is 0 Å². The molecule has 2 aromatic carbocycles.